The fourth-order valence-corrected chi connectivity index (χ4v) is 0.435. The van der Waals surface area contributed by atoms with E-state index in [1.54, 1.807) is 0 Å². The summed E-state index contributed by atoms with van der Waals surface area (Å²) in [5.41, 5.74) is 0.282. The molecule has 1 rings (SSSR count). The maximum atomic E-state index is 5.28. The molecular weight excluding hydrogens is 124 g/mol. The number of aromatic nitrogens is 3. The van der Waals surface area contributed by atoms with Crippen molar-refractivity contribution in [2.75, 3.05) is 0 Å². The van der Waals surface area contributed by atoms with Crippen molar-refractivity contribution < 1.29 is 0 Å². The maximum absolute atomic E-state index is 5.28. The molecule has 0 N–H and O–H groups in total. The molecule has 0 aliphatic heterocycles. The molecule has 0 fully saturated rings. The minimum Gasteiger partial charge on any atom is -0.232 e. The predicted octanol–water partition coefficient (Wildman–Crippen LogP) is -0.681. The highest BCUT2D eigenvalue weighted by molar-refractivity contribution is 6.32. The van der Waals surface area contributed by atoms with Crippen molar-refractivity contribution in [2.24, 2.45) is 0 Å². The second kappa shape index (κ2) is 2.09. The van der Waals surface area contributed by atoms with Crippen LogP contribution in [0.3, 0.4) is 0 Å². The van der Waals surface area contributed by atoms with Crippen molar-refractivity contribution in [3.63, 3.8) is 0 Å². The molecule has 0 amide bonds. The molecule has 3 nitrogen and oxygen atoms in total. The van der Waals surface area contributed by atoms with Gasteiger partial charge in [0.25, 0.3) is 0 Å². The summed E-state index contributed by atoms with van der Waals surface area (Å²) < 4.78 is 0. The monoisotopic (exact) mass is 125 g/mol. The molecule has 0 atom stereocenters. The predicted molar refractivity (Wildman–Crippen MR) is 30.2 cm³/mol. The molecule has 0 spiro atoms. The Bertz CT molecular complexity index is 174. The minimum atomic E-state index is 0.0741. The second-order valence-electron chi connectivity index (χ2n) is 1.15. The van der Waals surface area contributed by atoms with Crippen molar-refractivity contribution in [3.8, 4) is 0 Å². The van der Waals surface area contributed by atoms with Gasteiger partial charge in [-0.15, -0.1) is 5.10 Å². The lowest BCUT2D eigenvalue weighted by Crippen LogP contribution is -2.09. The van der Waals surface area contributed by atoms with Crippen molar-refractivity contribution in [2.45, 2.75) is 0 Å². The van der Waals surface area contributed by atoms with Gasteiger partial charge in [-0.05, 0) is 11.6 Å². The summed E-state index contributed by atoms with van der Waals surface area (Å²) in [6.07, 6.45) is 1.33. The quantitative estimate of drug-likeness (QED) is 0.431. The van der Waals surface area contributed by atoms with Gasteiger partial charge >= 0.3 is 0 Å². The molecule has 0 bridgehead atoms. The van der Waals surface area contributed by atoms with E-state index in [1.165, 1.54) is 6.20 Å². The van der Waals surface area contributed by atoms with E-state index in [0.717, 1.165) is 0 Å². The summed E-state index contributed by atoms with van der Waals surface area (Å²) in [7, 11) is 5.16. The van der Waals surface area contributed by atoms with E-state index < -0.39 is 0 Å². The van der Waals surface area contributed by atoms with Crippen molar-refractivity contribution >= 4 is 25.0 Å². The van der Waals surface area contributed by atoms with Crippen LogP contribution in [-0.2, 0) is 0 Å². The summed E-state index contributed by atoms with van der Waals surface area (Å²) in [6, 6.07) is 0. The number of halogens is 1. The molecule has 2 radical (unpaired) electrons. The Balaban J connectivity index is 3.08. The van der Waals surface area contributed by atoms with Gasteiger partial charge in [0.05, 0.1) is 6.20 Å². The van der Waals surface area contributed by atoms with Crippen LogP contribution in [0, 0.1) is 0 Å². The van der Waals surface area contributed by atoms with Gasteiger partial charge in [-0.1, -0.05) is 0 Å². The summed E-state index contributed by atoms with van der Waals surface area (Å²) >= 11 is 5.28. The number of nitrogens with zero attached hydrogens (tertiary/aromatic N) is 3. The summed E-state index contributed by atoms with van der Waals surface area (Å²) in [5.74, 6) is 0. The van der Waals surface area contributed by atoms with E-state index in [2.05, 4.69) is 15.2 Å². The lowest BCUT2D eigenvalue weighted by atomic mass is 10.1. The molecular formula is C3HBClN3. The third kappa shape index (κ3) is 1.17. The van der Waals surface area contributed by atoms with Crippen LogP contribution in [-0.4, -0.2) is 23.0 Å². The standard InChI is InChI=1S/C3HBClN3/c4-2-1-6-8-3(5)7-2/h1H. The van der Waals surface area contributed by atoms with E-state index in [-0.39, 0.29) is 10.9 Å². The summed E-state index contributed by atoms with van der Waals surface area (Å²) in [4.78, 5) is 3.54. The first kappa shape index (κ1) is 5.50. The Kier molecular flexibility index (Phi) is 1.44. The zero-order chi connectivity index (χ0) is 5.98. The lowest BCUT2D eigenvalue weighted by molar-refractivity contribution is 0.987. The molecule has 8 heavy (non-hydrogen) atoms. The molecule has 0 aliphatic rings. The van der Waals surface area contributed by atoms with Crippen LogP contribution in [0.25, 0.3) is 0 Å². The molecule has 1 aromatic rings. The number of hydrogen-bond acceptors (Lipinski definition) is 3. The topological polar surface area (TPSA) is 38.7 Å². The van der Waals surface area contributed by atoms with Crippen LogP contribution in [0.4, 0.5) is 0 Å². The highest BCUT2D eigenvalue weighted by Gasteiger charge is 1.87. The van der Waals surface area contributed by atoms with Gasteiger partial charge in [0.1, 0.15) is 7.85 Å². The van der Waals surface area contributed by atoms with Gasteiger partial charge in [0.2, 0.25) is 5.28 Å². The summed E-state index contributed by atoms with van der Waals surface area (Å²) in [6.45, 7) is 0. The van der Waals surface area contributed by atoms with Crippen LogP contribution in [0.5, 0.6) is 0 Å². The minimum absolute atomic E-state index is 0.0741. The molecule has 0 saturated heterocycles. The van der Waals surface area contributed by atoms with E-state index in [1.807, 2.05) is 0 Å². The molecule has 0 aliphatic carbocycles. The molecule has 1 aromatic heterocycles. The molecule has 38 valence electrons. The largest absolute Gasteiger partial charge is 0.242 e. The van der Waals surface area contributed by atoms with Gasteiger partial charge in [0.15, 0.2) is 0 Å². The highest BCUT2D eigenvalue weighted by Crippen LogP contribution is 1.88. The van der Waals surface area contributed by atoms with Crippen LogP contribution >= 0.6 is 11.6 Å². The average molecular weight is 125 g/mol. The van der Waals surface area contributed by atoms with Gasteiger partial charge in [0, 0.05) is 5.59 Å². The van der Waals surface area contributed by atoms with E-state index in [0.29, 0.717) is 0 Å². The highest BCUT2D eigenvalue weighted by atomic mass is 35.5. The Morgan fingerprint density at radius 2 is 2.38 bits per heavy atom. The third-order valence-corrected chi connectivity index (χ3v) is 0.712. The number of rotatable bonds is 0. The molecule has 0 unspecified atom stereocenters. The van der Waals surface area contributed by atoms with Gasteiger partial charge in [-0.3, -0.25) is 0 Å². The van der Waals surface area contributed by atoms with Crippen LogP contribution < -0.4 is 5.59 Å². The summed E-state index contributed by atoms with van der Waals surface area (Å²) in [5, 5.41) is 6.85. The maximum Gasteiger partial charge on any atom is 0.242 e. The fourth-order valence-electron chi connectivity index (χ4n) is 0.293. The van der Waals surface area contributed by atoms with Gasteiger partial charge in [-0.2, -0.15) is 5.10 Å². The average Bonchev–Trinajstić information content (AvgIpc) is 1.64. The lowest BCUT2D eigenvalue weighted by Gasteiger charge is -1.86. The van der Waals surface area contributed by atoms with Crippen molar-refractivity contribution in [1.29, 1.82) is 0 Å². The first-order valence-corrected chi connectivity index (χ1v) is 2.27. The van der Waals surface area contributed by atoms with Gasteiger partial charge < -0.3 is 0 Å². The van der Waals surface area contributed by atoms with E-state index >= 15 is 0 Å². The van der Waals surface area contributed by atoms with Crippen LogP contribution in [0.2, 0.25) is 5.28 Å². The van der Waals surface area contributed by atoms with E-state index in [4.69, 9.17) is 19.4 Å². The van der Waals surface area contributed by atoms with Crippen molar-refractivity contribution in [1.82, 2.24) is 15.2 Å². The van der Waals surface area contributed by atoms with Gasteiger partial charge in [-0.25, -0.2) is 4.98 Å². The third-order valence-electron chi connectivity index (χ3n) is 0.552. The van der Waals surface area contributed by atoms with Crippen LogP contribution in [0.15, 0.2) is 6.20 Å². The molecule has 0 aromatic carbocycles. The first-order valence-electron chi connectivity index (χ1n) is 1.90. The molecule has 1 heterocycles. The Morgan fingerprint density at radius 1 is 1.62 bits per heavy atom. The Hall–Kier alpha value is -0.635. The molecule has 0 saturated carbocycles. The number of hydrogen-bond donors (Lipinski definition) is 0. The fraction of sp³-hybridized carbons (Fsp3) is 0. The first-order chi connectivity index (χ1) is 3.79. The molecule has 5 heteroatoms. The smallest absolute Gasteiger partial charge is 0.232 e. The second-order valence-corrected chi connectivity index (χ2v) is 1.49. The SMILES string of the molecule is [B]c1cnnc(Cl)n1. The Labute approximate surface area is 52.5 Å². The normalized spacial score (nSPS) is 9.12. The Morgan fingerprint density at radius 3 is 2.75 bits per heavy atom. The van der Waals surface area contributed by atoms with Crippen molar-refractivity contribution in [3.05, 3.63) is 11.5 Å². The van der Waals surface area contributed by atoms with E-state index in [9.17, 15) is 0 Å². The zero-order valence-corrected chi connectivity index (χ0v) is 4.63. The van der Waals surface area contributed by atoms with Crippen LogP contribution in [0.1, 0.15) is 0 Å². The zero-order valence-electron chi connectivity index (χ0n) is 3.87.